The van der Waals surface area contributed by atoms with Crippen LogP contribution in [-0.2, 0) is 23.7 Å². The molecule has 0 amide bonds. The van der Waals surface area contributed by atoms with E-state index in [1.165, 1.54) is 13.2 Å². The third-order valence-electron chi connectivity index (χ3n) is 2.19. The summed E-state index contributed by atoms with van der Waals surface area (Å²) in [6.45, 7) is 3.64. The average Bonchev–Trinajstić information content (AvgIpc) is 2.68. The zero-order valence-corrected chi connectivity index (χ0v) is 8.97. The van der Waals surface area contributed by atoms with Crippen LogP contribution >= 0.6 is 0 Å². The van der Waals surface area contributed by atoms with E-state index in [2.05, 4.69) is 6.58 Å². The maximum atomic E-state index is 11.4. The van der Waals surface area contributed by atoms with Crippen LogP contribution in [-0.4, -0.2) is 45.3 Å². The summed E-state index contributed by atoms with van der Waals surface area (Å²) in [5, 5.41) is 0. The minimum atomic E-state index is -0.611. The van der Waals surface area contributed by atoms with Gasteiger partial charge in [0.15, 0.2) is 12.4 Å². The Morgan fingerprint density at radius 3 is 2.73 bits per heavy atom. The Kier molecular flexibility index (Phi) is 4.74. The van der Waals surface area contributed by atoms with Crippen molar-refractivity contribution < 1.29 is 23.7 Å². The van der Waals surface area contributed by atoms with Gasteiger partial charge in [-0.25, -0.2) is 4.79 Å². The predicted molar refractivity (Wildman–Crippen MR) is 52.2 cm³/mol. The summed E-state index contributed by atoms with van der Waals surface area (Å²) in [7, 11) is 3.06. The number of rotatable bonds is 5. The van der Waals surface area contributed by atoms with Crippen molar-refractivity contribution in [3.05, 3.63) is 12.7 Å². The molecule has 86 valence electrons. The third-order valence-corrected chi connectivity index (χ3v) is 2.19. The number of carbonyl (C=O) groups excluding carboxylic acids is 1. The van der Waals surface area contributed by atoms with Gasteiger partial charge in [-0.3, -0.25) is 0 Å². The van der Waals surface area contributed by atoms with E-state index in [-0.39, 0.29) is 12.7 Å². The molecular weight excluding hydrogens is 200 g/mol. The lowest BCUT2D eigenvalue weighted by atomic mass is 10.2. The van der Waals surface area contributed by atoms with Gasteiger partial charge in [-0.2, -0.15) is 0 Å². The Morgan fingerprint density at radius 2 is 2.27 bits per heavy atom. The summed E-state index contributed by atoms with van der Waals surface area (Å²) in [6, 6.07) is 0. The molecule has 0 aliphatic carbocycles. The summed E-state index contributed by atoms with van der Waals surface area (Å²) in [6.07, 6.45) is 0.617. The molecule has 0 aromatic heterocycles. The van der Waals surface area contributed by atoms with Gasteiger partial charge in [-0.1, -0.05) is 12.7 Å². The van der Waals surface area contributed by atoms with E-state index >= 15 is 0 Å². The van der Waals surface area contributed by atoms with Gasteiger partial charge in [-0.15, -0.1) is 0 Å². The predicted octanol–water partition coefficient (Wildman–Crippen LogP) is 0.492. The topological polar surface area (TPSA) is 54.0 Å². The highest BCUT2D eigenvalue weighted by Gasteiger charge is 2.40. The molecule has 1 fully saturated rings. The molecule has 1 heterocycles. The molecule has 3 atom stereocenters. The fourth-order valence-electron chi connectivity index (χ4n) is 1.43. The maximum absolute atomic E-state index is 11.4. The largest absolute Gasteiger partial charge is 0.460 e. The third kappa shape index (κ3) is 3.02. The molecular formula is C10H16O5. The van der Waals surface area contributed by atoms with Gasteiger partial charge in [0.1, 0.15) is 12.7 Å². The molecule has 0 aromatic rings. The number of hydrogen-bond donors (Lipinski definition) is 0. The van der Waals surface area contributed by atoms with E-state index in [1.807, 2.05) is 0 Å². The molecule has 5 heteroatoms. The zero-order chi connectivity index (χ0) is 11.3. The Balaban J connectivity index is 2.45. The molecule has 0 unspecified atom stereocenters. The van der Waals surface area contributed by atoms with Crippen LogP contribution in [0.25, 0.3) is 0 Å². The molecule has 0 aromatic carbocycles. The van der Waals surface area contributed by atoms with Gasteiger partial charge >= 0.3 is 5.97 Å². The summed E-state index contributed by atoms with van der Waals surface area (Å²) in [4.78, 5) is 11.4. The van der Waals surface area contributed by atoms with Crippen LogP contribution < -0.4 is 0 Å². The first-order valence-corrected chi connectivity index (χ1v) is 4.71. The van der Waals surface area contributed by atoms with E-state index in [0.717, 1.165) is 0 Å². The summed E-state index contributed by atoms with van der Waals surface area (Å²) < 4.78 is 20.3. The average molecular weight is 216 g/mol. The molecule has 0 N–H and O–H groups in total. The first-order chi connectivity index (χ1) is 7.22. The van der Waals surface area contributed by atoms with Gasteiger partial charge in [0, 0.05) is 20.6 Å². The molecule has 1 saturated heterocycles. The van der Waals surface area contributed by atoms with Gasteiger partial charge in [0.25, 0.3) is 0 Å². The van der Waals surface area contributed by atoms with Crippen molar-refractivity contribution in [1.82, 2.24) is 0 Å². The van der Waals surface area contributed by atoms with Crippen LogP contribution in [0.4, 0.5) is 0 Å². The smallest absolute Gasteiger partial charge is 0.335 e. The Morgan fingerprint density at radius 1 is 1.53 bits per heavy atom. The van der Waals surface area contributed by atoms with Crippen molar-refractivity contribution in [2.24, 2.45) is 0 Å². The van der Waals surface area contributed by atoms with Crippen molar-refractivity contribution >= 4 is 5.97 Å². The normalized spacial score (nSPS) is 30.1. The summed E-state index contributed by atoms with van der Waals surface area (Å²) >= 11 is 0. The van der Waals surface area contributed by atoms with Crippen LogP contribution in [0.2, 0.25) is 0 Å². The fraction of sp³-hybridized carbons (Fsp3) is 0.700. The van der Waals surface area contributed by atoms with Crippen LogP contribution in [0.15, 0.2) is 12.7 Å². The van der Waals surface area contributed by atoms with E-state index in [4.69, 9.17) is 18.9 Å². The standard InChI is InChI=1S/C10H16O5/c1-4-5-14-9(11)7-6-8(12-2)10(13-3)15-7/h4,7-8,10H,1,5-6H2,2-3H3/t7-,8-,10-/m0/s1. The van der Waals surface area contributed by atoms with Crippen molar-refractivity contribution in [3.63, 3.8) is 0 Å². The second kappa shape index (κ2) is 5.85. The molecule has 0 bridgehead atoms. The number of ether oxygens (including phenoxy) is 4. The van der Waals surface area contributed by atoms with Crippen LogP contribution in [0.1, 0.15) is 6.42 Å². The fourth-order valence-corrected chi connectivity index (χ4v) is 1.43. The van der Waals surface area contributed by atoms with Crippen LogP contribution in [0.5, 0.6) is 0 Å². The second-order valence-corrected chi connectivity index (χ2v) is 3.16. The lowest BCUT2D eigenvalue weighted by molar-refractivity contribution is -0.177. The van der Waals surface area contributed by atoms with E-state index in [0.29, 0.717) is 6.42 Å². The summed E-state index contributed by atoms with van der Waals surface area (Å²) in [5.74, 6) is -0.406. The first-order valence-electron chi connectivity index (χ1n) is 4.71. The summed E-state index contributed by atoms with van der Waals surface area (Å²) in [5.41, 5.74) is 0. The molecule has 1 rings (SSSR count). The molecule has 0 radical (unpaired) electrons. The Labute approximate surface area is 88.9 Å². The minimum Gasteiger partial charge on any atom is -0.460 e. The molecule has 0 saturated carbocycles. The van der Waals surface area contributed by atoms with Gasteiger partial charge in [0.05, 0.1) is 0 Å². The highest BCUT2D eigenvalue weighted by molar-refractivity contribution is 5.75. The second-order valence-electron chi connectivity index (χ2n) is 3.16. The highest BCUT2D eigenvalue weighted by Crippen LogP contribution is 2.24. The lowest BCUT2D eigenvalue weighted by Crippen LogP contribution is -2.25. The zero-order valence-electron chi connectivity index (χ0n) is 8.97. The molecule has 5 nitrogen and oxygen atoms in total. The number of carbonyl (C=O) groups is 1. The molecule has 0 spiro atoms. The maximum Gasteiger partial charge on any atom is 0.335 e. The SMILES string of the molecule is C=CCOC(=O)[C@@H]1C[C@H](OC)[C@@H](OC)O1. The molecule has 1 aliphatic heterocycles. The minimum absolute atomic E-state index is 0.188. The van der Waals surface area contributed by atoms with Gasteiger partial charge < -0.3 is 18.9 Å². The molecule has 15 heavy (non-hydrogen) atoms. The van der Waals surface area contributed by atoms with Gasteiger partial charge in [-0.05, 0) is 0 Å². The van der Waals surface area contributed by atoms with E-state index < -0.39 is 18.4 Å². The highest BCUT2D eigenvalue weighted by atomic mass is 16.7. The van der Waals surface area contributed by atoms with Crippen molar-refractivity contribution in [2.75, 3.05) is 20.8 Å². The van der Waals surface area contributed by atoms with E-state index in [9.17, 15) is 4.79 Å². The monoisotopic (exact) mass is 216 g/mol. The lowest BCUT2D eigenvalue weighted by Gasteiger charge is -2.14. The Bertz CT molecular complexity index is 216. The van der Waals surface area contributed by atoms with Crippen molar-refractivity contribution in [3.8, 4) is 0 Å². The van der Waals surface area contributed by atoms with Crippen LogP contribution in [0, 0.1) is 0 Å². The number of methoxy groups -OCH3 is 2. The van der Waals surface area contributed by atoms with Gasteiger partial charge in [0.2, 0.25) is 0 Å². The molecule has 1 aliphatic rings. The van der Waals surface area contributed by atoms with Crippen molar-refractivity contribution in [2.45, 2.75) is 24.9 Å². The Hall–Kier alpha value is -0.910. The quantitative estimate of drug-likeness (QED) is 0.494. The van der Waals surface area contributed by atoms with Crippen LogP contribution in [0.3, 0.4) is 0 Å². The number of hydrogen-bond acceptors (Lipinski definition) is 5. The first kappa shape index (κ1) is 12.2. The van der Waals surface area contributed by atoms with E-state index in [1.54, 1.807) is 7.11 Å². The number of esters is 1. The van der Waals surface area contributed by atoms with Crippen molar-refractivity contribution in [1.29, 1.82) is 0 Å².